The average Bonchev–Trinajstić information content (AvgIpc) is 2.26. The van der Waals surface area contributed by atoms with Crippen LogP contribution < -0.4 is 5.32 Å². The topological polar surface area (TPSA) is 42.0 Å². The van der Waals surface area contributed by atoms with E-state index in [1.807, 2.05) is 6.07 Å². The zero-order valence-corrected chi connectivity index (χ0v) is 11.6. The van der Waals surface area contributed by atoms with Crippen molar-refractivity contribution in [3.8, 4) is 0 Å². The van der Waals surface area contributed by atoms with Gasteiger partial charge in [0.1, 0.15) is 5.15 Å². The monoisotopic (exact) mass is 266 g/mol. The number of halogens is 1. The second-order valence-corrected chi connectivity index (χ2v) is 5.55. The van der Waals surface area contributed by atoms with E-state index < -0.39 is 0 Å². The number of carbonyl (C=O) groups is 1. The standard InChI is InChI=1S/C14H19ClN2O/c1-3-4-11-7-10(8-13(15)16-11)14(18)17-12-5-9(2)6-12/h7-9,12H,3-6H2,1-2H3,(H,17,18). The summed E-state index contributed by atoms with van der Waals surface area (Å²) in [6.07, 6.45) is 3.99. The van der Waals surface area contributed by atoms with E-state index in [4.69, 9.17) is 11.6 Å². The Morgan fingerprint density at radius 1 is 1.50 bits per heavy atom. The summed E-state index contributed by atoms with van der Waals surface area (Å²) >= 11 is 5.95. The van der Waals surface area contributed by atoms with Crippen molar-refractivity contribution in [2.45, 2.75) is 45.6 Å². The zero-order valence-electron chi connectivity index (χ0n) is 10.9. The van der Waals surface area contributed by atoms with Gasteiger partial charge in [-0.25, -0.2) is 4.98 Å². The van der Waals surface area contributed by atoms with Crippen molar-refractivity contribution in [1.82, 2.24) is 10.3 Å². The highest BCUT2D eigenvalue weighted by Gasteiger charge is 2.27. The molecule has 0 saturated heterocycles. The normalized spacial score (nSPS) is 22.4. The number of hydrogen-bond acceptors (Lipinski definition) is 2. The number of carbonyl (C=O) groups excluding carboxylic acids is 1. The molecule has 3 nitrogen and oxygen atoms in total. The van der Waals surface area contributed by atoms with Crippen molar-refractivity contribution < 1.29 is 4.79 Å². The Balaban J connectivity index is 2.04. The molecule has 1 fully saturated rings. The number of nitrogens with one attached hydrogen (secondary N) is 1. The Labute approximate surface area is 113 Å². The van der Waals surface area contributed by atoms with E-state index in [-0.39, 0.29) is 5.91 Å². The minimum absolute atomic E-state index is 0.0337. The Hall–Kier alpha value is -1.09. The minimum Gasteiger partial charge on any atom is -0.349 e. The average molecular weight is 267 g/mol. The van der Waals surface area contributed by atoms with Gasteiger partial charge in [0.05, 0.1) is 0 Å². The lowest BCUT2D eigenvalue weighted by Gasteiger charge is -2.33. The van der Waals surface area contributed by atoms with E-state index in [0.717, 1.165) is 37.3 Å². The molecule has 1 aromatic heterocycles. The van der Waals surface area contributed by atoms with Crippen LogP contribution in [0.2, 0.25) is 5.15 Å². The van der Waals surface area contributed by atoms with Gasteiger partial charge in [0.2, 0.25) is 0 Å². The van der Waals surface area contributed by atoms with Gasteiger partial charge in [-0.2, -0.15) is 0 Å². The zero-order chi connectivity index (χ0) is 13.1. The third-order valence-corrected chi connectivity index (χ3v) is 3.52. The van der Waals surface area contributed by atoms with Crippen LogP contribution in [0.15, 0.2) is 12.1 Å². The van der Waals surface area contributed by atoms with Gasteiger partial charge in [-0.3, -0.25) is 4.79 Å². The van der Waals surface area contributed by atoms with Gasteiger partial charge in [-0.1, -0.05) is 31.9 Å². The maximum atomic E-state index is 12.1. The molecule has 1 saturated carbocycles. The van der Waals surface area contributed by atoms with Gasteiger partial charge in [-0.15, -0.1) is 0 Å². The second-order valence-electron chi connectivity index (χ2n) is 5.17. The molecule has 1 N–H and O–H groups in total. The molecular weight excluding hydrogens is 248 g/mol. The van der Waals surface area contributed by atoms with Gasteiger partial charge in [0.15, 0.2) is 0 Å². The smallest absolute Gasteiger partial charge is 0.251 e. The van der Waals surface area contributed by atoms with Crippen LogP contribution in [0.25, 0.3) is 0 Å². The number of hydrogen-bond donors (Lipinski definition) is 1. The lowest BCUT2D eigenvalue weighted by molar-refractivity contribution is 0.0896. The molecule has 0 bridgehead atoms. The fourth-order valence-electron chi connectivity index (χ4n) is 2.36. The number of aromatic nitrogens is 1. The molecule has 0 atom stereocenters. The molecule has 0 radical (unpaired) electrons. The summed E-state index contributed by atoms with van der Waals surface area (Å²) < 4.78 is 0. The molecule has 18 heavy (non-hydrogen) atoms. The van der Waals surface area contributed by atoms with Crippen LogP contribution in [0.4, 0.5) is 0 Å². The number of pyridine rings is 1. The first-order chi connectivity index (χ1) is 8.58. The Morgan fingerprint density at radius 2 is 2.22 bits per heavy atom. The summed E-state index contributed by atoms with van der Waals surface area (Å²) in [7, 11) is 0. The van der Waals surface area contributed by atoms with Crippen molar-refractivity contribution in [1.29, 1.82) is 0 Å². The highest BCUT2D eigenvalue weighted by molar-refractivity contribution is 6.29. The number of nitrogens with zero attached hydrogens (tertiary/aromatic N) is 1. The quantitative estimate of drug-likeness (QED) is 0.851. The van der Waals surface area contributed by atoms with Crippen LogP contribution in [-0.4, -0.2) is 16.9 Å². The minimum atomic E-state index is -0.0337. The van der Waals surface area contributed by atoms with E-state index in [9.17, 15) is 4.79 Å². The molecule has 1 amide bonds. The molecular formula is C14H19ClN2O. The summed E-state index contributed by atoms with van der Waals surface area (Å²) in [4.78, 5) is 16.3. The molecule has 1 aromatic rings. The first kappa shape index (κ1) is 13.3. The molecule has 2 rings (SSSR count). The third kappa shape index (κ3) is 3.22. The summed E-state index contributed by atoms with van der Waals surface area (Å²) in [5, 5.41) is 3.43. The lowest BCUT2D eigenvalue weighted by atomic mass is 9.82. The van der Waals surface area contributed by atoms with Crippen LogP contribution in [0.1, 0.15) is 49.2 Å². The van der Waals surface area contributed by atoms with Crippen molar-refractivity contribution >= 4 is 17.5 Å². The molecule has 1 aliphatic carbocycles. The van der Waals surface area contributed by atoms with Crippen LogP contribution in [-0.2, 0) is 6.42 Å². The summed E-state index contributed by atoms with van der Waals surface area (Å²) in [5.74, 6) is 0.695. The molecule has 0 aromatic carbocycles. The van der Waals surface area contributed by atoms with Crippen LogP contribution in [0.3, 0.4) is 0 Å². The van der Waals surface area contributed by atoms with Crippen molar-refractivity contribution in [2.24, 2.45) is 5.92 Å². The molecule has 0 spiro atoms. The Bertz CT molecular complexity index is 441. The van der Waals surface area contributed by atoms with E-state index >= 15 is 0 Å². The van der Waals surface area contributed by atoms with Crippen LogP contribution >= 0.6 is 11.6 Å². The van der Waals surface area contributed by atoms with Gasteiger partial charge in [0, 0.05) is 17.3 Å². The highest BCUT2D eigenvalue weighted by Crippen LogP contribution is 2.26. The summed E-state index contributed by atoms with van der Waals surface area (Å²) in [6.45, 7) is 4.28. The number of amides is 1. The Morgan fingerprint density at radius 3 is 2.83 bits per heavy atom. The van der Waals surface area contributed by atoms with Crippen molar-refractivity contribution in [3.63, 3.8) is 0 Å². The number of aryl methyl sites for hydroxylation is 1. The third-order valence-electron chi connectivity index (χ3n) is 3.32. The maximum absolute atomic E-state index is 12.1. The summed E-state index contributed by atoms with van der Waals surface area (Å²) in [5.41, 5.74) is 1.51. The predicted molar refractivity (Wildman–Crippen MR) is 72.9 cm³/mol. The maximum Gasteiger partial charge on any atom is 0.251 e. The second kappa shape index (κ2) is 5.70. The van der Waals surface area contributed by atoms with Gasteiger partial charge >= 0.3 is 0 Å². The van der Waals surface area contributed by atoms with E-state index in [0.29, 0.717) is 16.8 Å². The molecule has 0 unspecified atom stereocenters. The molecule has 98 valence electrons. The van der Waals surface area contributed by atoms with E-state index in [1.165, 1.54) is 0 Å². The predicted octanol–water partition coefficient (Wildman–Crippen LogP) is 3.22. The van der Waals surface area contributed by atoms with E-state index in [2.05, 4.69) is 24.1 Å². The lowest BCUT2D eigenvalue weighted by Crippen LogP contribution is -2.43. The van der Waals surface area contributed by atoms with Crippen molar-refractivity contribution in [2.75, 3.05) is 0 Å². The fourth-order valence-corrected chi connectivity index (χ4v) is 2.58. The van der Waals surface area contributed by atoms with E-state index in [1.54, 1.807) is 6.07 Å². The molecule has 0 aliphatic heterocycles. The summed E-state index contributed by atoms with van der Waals surface area (Å²) in [6, 6.07) is 3.80. The largest absolute Gasteiger partial charge is 0.349 e. The van der Waals surface area contributed by atoms with Crippen LogP contribution in [0.5, 0.6) is 0 Å². The van der Waals surface area contributed by atoms with Gasteiger partial charge < -0.3 is 5.32 Å². The van der Waals surface area contributed by atoms with Gasteiger partial charge in [0.25, 0.3) is 5.91 Å². The first-order valence-electron chi connectivity index (χ1n) is 6.55. The molecule has 4 heteroatoms. The highest BCUT2D eigenvalue weighted by atomic mass is 35.5. The SMILES string of the molecule is CCCc1cc(C(=O)NC2CC(C)C2)cc(Cl)n1. The number of rotatable bonds is 4. The van der Waals surface area contributed by atoms with Crippen molar-refractivity contribution in [3.05, 3.63) is 28.5 Å². The Kier molecular flexibility index (Phi) is 4.23. The molecule has 1 aliphatic rings. The van der Waals surface area contributed by atoms with Crippen LogP contribution in [0, 0.1) is 5.92 Å². The molecule has 1 heterocycles. The fraction of sp³-hybridized carbons (Fsp3) is 0.571. The first-order valence-corrected chi connectivity index (χ1v) is 6.93. The van der Waals surface area contributed by atoms with Gasteiger partial charge in [-0.05, 0) is 37.3 Å².